The SMILES string of the molecule is Cc1ccc(Nc2nc(C)cc(C(=O)NCC3CCCO3)n2)c(C)c1. The van der Waals surface area contributed by atoms with Gasteiger partial charge < -0.3 is 15.4 Å². The Kier molecular flexibility index (Phi) is 5.28. The molecule has 3 rings (SSSR count). The Hall–Kier alpha value is -2.47. The summed E-state index contributed by atoms with van der Waals surface area (Å²) in [4.78, 5) is 21.1. The lowest BCUT2D eigenvalue weighted by Crippen LogP contribution is -2.32. The number of nitrogens with one attached hydrogen (secondary N) is 2. The first kappa shape index (κ1) is 17.4. The zero-order chi connectivity index (χ0) is 17.8. The van der Waals surface area contributed by atoms with Crippen LogP contribution >= 0.6 is 0 Å². The summed E-state index contributed by atoms with van der Waals surface area (Å²) in [5, 5.41) is 6.10. The van der Waals surface area contributed by atoms with E-state index in [-0.39, 0.29) is 12.0 Å². The van der Waals surface area contributed by atoms with Crippen LogP contribution in [-0.2, 0) is 4.74 Å². The molecule has 1 aromatic carbocycles. The van der Waals surface area contributed by atoms with Gasteiger partial charge in [-0.05, 0) is 51.3 Å². The number of carbonyl (C=O) groups excluding carboxylic acids is 1. The van der Waals surface area contributed by atoms with Gasteiger partial charge >= 0.3 is 0 Å². The van der Waals surface area contributed by atoms with Gasteiger partial charge in [0, 0.05) is 24.5 Å². The smallest absolute Gasteiger partial charge is 0.270 e. The standard InChI is InChI=1S/C19H24N4O2/c1-12-6-7-16(13(2)9-12)22-19-21-14(3)10-17(23-19)18(24)20-11-15-5-4-8-25-15/h6-7,9-10,15H,4-5,8,11H2,1-3H3,(H,20,24)(H,21,22,23). The minimum Gasteiger partial charge on any atom is -0.376 e. The van der Waals surface area contributed by atoms with E-state index >= 15 is 0 Å². The minimum absolute atomic E-state index is 0.111. The number of rotatable bonds is 5. The third kappa shape index (κ3) is 4.54. The molecule has 0 aliphatic carbocycles. The molecular formula is C19H24N4O2. The van der Waals surface area contributed by atoms with Crippen LogP contribution in [0.3, 0.4) is 0 Å². The number of anilines is 2. The second kappa shape index (κ2) is 7.61. The summed E-state index contributed by atoms with van der Waals surface area (Å²) in [5.74, 6) is 0.221. The van der Waals surface area contributed by atoms with Gasteiger partial charge in [0.1, 0.15) is 5.69 Å². The number of benzene rings is 1. The third-order valence-corrected chi connectivity index (χ3v) is 4.23. The summed E-state index contributed by atoms with van der Waals surface area (Å²) in [5.41, 5.74) is 4.33. The molecule has 1 aliphatic heterocycles. The van der Waals surface area contributed by atoms with Gasteiger partial charge in [0.15, 0.2) is 0 Å². The van der Waals surface area contributed by atoms with Crippen molar-refractivity contribution in [1.29, 1.82) is 0 Å². The van der Waals surface area contributed by atoms with Crippen LogP contribution in [0, 0.1) is 20.8 Å². The van der Waals surface area contributed by atoms with Gasteiger partial charge in [-0.25, -0.2) is 9.97 Å². The molecule has 0 saturated carbocycles. The summed E-state index contributed by atoms with van der Waals surface area (Å²) in [6.45, 7) is 7.22. The Morgan fingerprint density at radius 2 is 2.08 bits per heavy atom. The molecule has 2 aromatic rings. The van der Waals surface area contributed by atoms with E-state index in [1.165, 1.54) is 5.56 Å². The van der Waals surface area contributed by atoms with Gasteiger partial charge in [0.2, 0.25) is 5.95 Å². The van der Waals surface area contributed by atoms with Crippen LogP contribution in [0.1, 0.15) is 40.2 Å². The molecule has 2 N–H and O–H groups in total. The summed E-state index contributed by atoms with van der Waals surface area (Å²) in [6, 6.07) is 7.80. The molecule has 6 nitrogen and oxygen atoms in total. The number of hydrogen-bond donors (Lipinski definition) is 2. The maximum absolute atomic E-state index is 12.4. The van der Waals surface area contributed by atoms with Crippen molar-refractivity contribution in [1.82, 2.24) is 15.3 Å². The van der Waals surface area contributed by atoms with E-state index in [2.05, 4.69) is 33.6 Å². The number of carbonyl (C=O) groups is 1. The fourth-order valence-electron chi connectivity index (χ4n) is 2.92. The van der Waals surface area contributed by atoms with Crippen LogP contribution in [-0.4, -0.2) is 35.1 Å². The zero-order valence-electron chi connectivity index (χ0n) is 14.9. The van der Waals surface area contributed by atoms with E-state index in [0.29, 0.717) is 18.2 Å². The van der Waals surface area contributed by atoms with Crippen molar-refractivity contribution in [3.63, 3.8) is 0 Å². The van der Waals surface area contributed by atoms with Crippen molar-refractivity contribution in [3.05, 3.63) is 46.8 Å². The van der Waals surface area contributed by atoms with E-state index in [1.807, 2.05) is 26.0 Å². The van der Waals surface area contributed by atoms with Gasteiger partial charge in [0.25, 0.3) is 5.91 Å². The highest BCUT2D eigenvalue weighted by Gasteiger charge is 2.18. The van der Waals surface area contributed by atoms with Crippen molar-refractivity contribution < 1.29 is 9.53 Å². The topological polar surface area (TPSA) is 76.1 Å². The van der Waals surface area contributed by atoms with Crippen LogP contribution < -0.4 is 10.6 Å². The molecule has 132 valence electrons. The number of amides is 1. The minimum atomic E-state index is -0.204. The maximum atomic E-state index is 12.4. The molecule has 1 fully saturated rings. The quantitative estimate of drug-likeness (QED) is 0.875. The van der Waals surface area contributed by atoms with Crippen molar-refractivity contribution in [2.75, 3.05) is 18.5 Å². The molecule has 1 amide bonds. The molecule has 1 atom stereocenters. The maximum Gasteiger partial charge on any atom is 0.270 e. The average Bonchev–Trinajstić information content (AvgIpc) is 3.08. The average molecular weight is 340 g/mol. The first-order valence-corrected chi connectivity index (χ1v) is 8.61. The fraction of sp³-hybridized carbons (Fsp3) is 0.421. The number of ether oxygens (including phenoxy) is 1. The number of aryl methyl sites for hydroxylation is 3. The number of hydrogen-bond acceptors (Lipinski definition) is 5. The van der Waals surface area contributed by atoms with Crippen molar-refractivity contribution >= 4 is 17.5 Å². The largest absolute Gasteiger partial charge is 0.376 e. The molecule has 1 saturated heterocycles. The normalized spacial score (nSPS) is 16.7. The molecule has 1 unspecified atom stereocenters. The predicted octanol–water partition coefficient (Wildman–Crippen LogP) is 3.05. The molecule has 25 heavy (non-hydrogen) atoms. The van der Waals surface area contributed by atoms with Gasteiger partial charge in [0.05, 0.1) is 6.10 Å². The number of aromatic nitrogens is 2. The molecule has 2 heterocycles. The summed E-state index contributed by atoms with van der Waals surface area (Å²) in [6.07, 6.45) is 2.15. The molecular weight excluding hydrogens is 316 g/mol. The first-order valence-electron chi connectivity index (χ1n) is 8.61. The Morgan fingerprint density at radius 1 is 1.24 bits per heavy atom. The van der Waals surface area contributed by atoms with Crippen LogP contribution in [0.2, 0.25) is 0 Å². The highest BCUT2D eigenvalue weighted by atomic mass is 16.5. The molecule has 0 spiro atoms. The summed E-state index contributed by atoms with van der Waals surface area (Å²) >= 11 is 0. The van der Waals surface area contributed by atoms with Gasteiger partial charge in [-0.2, -0.15) is 0 Å². The molecule has 6 heteroatoms. The molecule has 0 radical (unpaired) electrons. The fourth-order valence-corrected chi connectivity index (χ4v) is 2.92. The predicted molar refractivity (Wildman–Crippen MR) is 97.3 cm³/mol. The molecule has 1 aromatic heterocycles. The Morgan fingerprint density at radius 3 is 2.80 bits per heavy atom. The van der Waals surface area contributed by atoms with E-state index < -0.39 is 0 Å². The molecule has 0 bridgehead atoms. The van der Waals surface area contributed by atoms with Crippen LogP contribution in [0.4, 0.5) is 11.6 Å². The Bertz CT molecular complexity index is 770. The van der Waals surface area contributed by atoms with E-state index in [9.17, 15) is 4.79 Å². The van der Waals surface area contributed by atoms with Crippen molar-refractivity contribution in [2.24, 2.45) is 0 Å². The number of nitrogens with zero attached hydrogens (tertiary/aromatic N) is 2. The third-order valence-electron chi connectivity index (χ3n) is 4.23. The molecule has 1 aliphatic rings. The van der Waals surface area contributed by atoms with Crippen molar-refractivity contribution in [2.45, 2.75) is 39.7 Å². The van der Waals surface area contributed by atoms with Crippen LogP contribution in [0.5, 0.6) is 0 Å². The van der Waals surface area contributed by atoms with Crippen LogP contribution in [0.25, 0.3) is 0 Å². The lowest BCUT2D eigenvalue weighted by atomic mass is 10.1. The van der Waals surface area contributed by atoms with Crippen molar-refractivity contribution in [3.8, 4) is 0 Å². The highest BCUT2D eigenvalue weighted by Crippen LogP contribution is 2.20. The second-order valence-corrected chi connectivity index (χ2v) is 6.51. The van der Waals surface area contributed by atoms with E-state index in [0.717, 1.165) is 36.4 Å². The summed E-state index contributed by atoms with van der Waals surface area (Å²) < 4.78 is 5.53. The first-order chi connectivity index (χ1) is 12.0. The summed E-state index contributed by atoms with van der Waals surface area (Å²) in [7, 11) is 0. The lowest BCUT2D eigenvalue weighted by molar-refractivity contribution is 0.0853. The highest BCUT2D eigenvalue weighted by molar-refractivity contribution is 5.92. The van der Waals surface area contributed by atoms with Gasteiger partial charge in [-0.15, -0.1) is 0 Å². The zero-order valence-corrected chi connectivity index (χ0v) is 14.9. The second-order valence-electron chi connectivity index (χ2n) is 6.51. The van der Waals surface area contributed by atoms with E-state index in [1.54, 1.807) is 6.07 Å². The Labute approximate surface area is 148 Å². The van der Waals surface area contributed by atoms with E-state index in [4.69, 9.17) is 4.74 Å². The monoisotopic (exact) mass is 340 g/mol. The van der Waals surface area contributed by atoms with Gasteiger partial charge in [-0.3, -0.25) is 4.79 Å². The van der Waals surface area contributed by atoms with Crippen LogP contribution in [0.15, 0.2) is 24.3 Å². The lowest BCUT2D eigenvalue weighted by Gasteiger charge is -2.12. The van der Waals surface area contributed by atoms with Gasteiger partial charge in [-0.1, -0.05) is 17.7 Å². The Balaban J connectivity index is 1.71.